The zero-order valence-electron chi connectivity index (χ0n) is 9.71. The van der Waals surface area contributed by atoms with Crippen molar-refractivity contribution < 1.29 is 0 Å². The average Bonchev–Trinajstić information content (AvgIpc) is 2.72. The molecular formula is C13H15N3S. The van der Waals surface area contributed by atoms with Crippen molar-refractivity contribution >= 4 is 17.2 Å². The number of benzene rings is 1. The third kappa shape index (κ3) is 2.71. The highest BCUT2D eigenvalue weighted by molar-refractivity contribution is 7.80. The molecule has 1 unspecified atom stereocenters. The van der Waals surface area contributed by atoms with Crippen LogP contribution in [0.25, 0.3) is 0 Å². The minimum Gasteiger partial charge on any atom is -0.393 e. The lowest BCUT2D eigenvalue weighted by Gasteiger charge is -2.17. The Hall–Kier alpha value is -1.68. The largest absolute Gasteiger partial charge is 0.393 e. The second-order valence-electron chi connectivity index (χ2n) is 3.99. The number of hydrogen-bond acceptors (Lipinski definition) is 2. The van der Waals surface area contributed by atoms with Crippen LogP contribution in [0.5, 0.6) is 0 Å². The summed E-state index contributed by atoms with van der Waals surface area (Å²) in [6, 6.07) is 10.1. The van der Waals surface area contributed by atoms with E-state index in [2.05, 4.69) is 21.7 Å². The van der Waals surface area contributed by atoms with Crippen molar-refractivity contribution in [1.82, 2.24) is 9.55 Å². The van der Waals surface area contributed by atoms with Crippen molar-refractivity contribution in [3.63, 3.8) is 0 Å². The third-order valence-electron chi connectivity index (χ3n) is 2.85. The van der Waals surface area contributed by atoms with E-state index in [0.717, 1.165) is 17.9 Å². The number of aryl methyl sites for hydroxylation is 1. The van der Waals surface area contributed by atoms with Gasteiger partial charge in [0.2, 0.25) is 0 Å². The van der Waals surface area contributed by atoms with Crippen LogP contribution in [-0.4, -0.2) is 14.5 Å². The Kier molecular flexibility index (Phi) is 3.54. The van der Waals surface area contributed by atoms with Crippen molar-refractivity contribution in [2.45, 2.75) is 19.4 Å². The summed E-state index contributed by atoms with van der Waals surface area (Å²) >= 11 is 5.16. The molecule has 4 heteroatoms. The minimum atomic E-state index is 0.0547. The first kappa shape index (κ1) is 11.8. The Bertz CT molecular complexity index is 504. The van der Waals surface area contributed by atoms with E-state index < -0.39 is 0 Å². The fourth-order valence-electron chi connectivity index (χ4n) is 1.84. The highest BCUT2D eigenvalue weighted by Crippen LogP contribution is 2.18. The lowest BCUT2D eigenvalue weighted by atomic mass is 9.99. The molecule has 1 heterocycles. The van der Waals surface area contributed by atoms with E-state index >= 15 is 0 Å². The molecule has 88 valence electrons. The van der Waals surface area contributed by atoms with Gasteiger partial charge in [-0.3, -0.25) is 0 Å². The molecule has 17 heavy (non-hydrogen) atoms. The molecule has 0 amide bonds. The van der Waals surface area contributed by atoms with E-state index in [9.17, 15) is 0 Å². The molecule has 0 radical (unpaired) electrons. The van der Waals surface area contributed by atoms with Crippen LogP contribution in [0.1, 0.15) is 17.3 Å². The lowest BCUT2D eigenvalue weighted by molar-refractivity contribution is 0.641. The summed E-state index contributed by atoms with van der Waals surface area (Å²) in [5.74, 6) is 1.03. The topological polar surface area (TPSA) is 43.8 Å². The van der Waals surface area contributed by atoms with E-state index in [1.807, 2.05) is 31.3 Å². The number of rotatable bonds is 4. The average molecular weight is 245 g/mol. The number of imidazole rings is 1. The summed E-state index contributed by atoms with van der Waals surface area (Å²) in [7, 11) is 0. The van der Waals surface area contributed by atoms with Gasteiger partial charge in [-0.1, -0.05) is 42.5 Å². The van der Waals surface area contributed by atoms with Crippen molar-refractivity contribution in [2.75, 3.05) is 0 Å². The van der Waals surface area contributed by atoms with Gasteiger partial charge in [0.1, 0.15) is 5.82 Å². The van der Waals surface area contributed by atoms with Crippen molar-refractivity contribution in [2.24, 2.45) is 5.73 Å². The Morgan fingerprint density at radius 1 is 1.41 bits per heavy atom. The van der Waals surface area contributed by atoms with Crippen LogP contribution in [0.2, 0.25) is 0 Å². The number of nitrogens with two attached hydrogens (primary N) is 1. The van der Waals surface area contributed by atoms with Gasteiger partial charge in [-0.05, 0) is 12.5 Å². The molecule has 0 saturated heterocycles. The van der Waals surface area contributed by atoms with Crippen molar-refractivity contribution in [1.29, 1.82) is 0 Å². The highest BCUT2D eigenvalue weighted by atomic mass is 32.1. The molecule has 1 atom stereocenters. The molecule has 0 fully saturated rings. The number of nitrogens with zero attached hydrogens (tertiary/aromatic N) is 2. The standard InChI is InChI=1S/C13H15N3S/c1-10-15-7-8-16(10)9-12(13(14)17)11-5-3-2-4-6-11/h2-8,12H,9H2,1H3,(H2,14,17). The minimum absolute atomic E-state index is 0.0547. The Labute approximate surface area is 106 Å². The van der Waals surface area contributed by atoms with Gasteiger partial charge in [0.15, 0.2) is 0 Å². The fraction of sp³-hybridized carbons (Fsp3) is 0.231. The molecule has 0 spiro atoms. The van der Waals surface area contributed by atoms with Crippen LogP contribution in [-0.2, 0) is 6.54 Å². The van der Waals surface area contributed by atoms with Gasteiger partial charge >= 0.3 is 0 Å². The zero-order valence-corrected chi connectivity index (χ0v) is 10.5. The van der Waals surface area contributed by atoms with Crippen LogP contribution in [0.15, 0.2) is 42.7 Å². The molecular weight excluding hydrogens is 230 g/mol. The van der Waals surface area contributed by atoms with Crippen LogP contribution >= 0.6 is 12.2 Å². The van der Waals surface area contributed by atoms with Crippen LogP contribution in [0.4, 0.5) is 0 Å². The summed E-state index contributed by atoms with van der Waals surface area (Å²) in [5.41, 5.74) is 6.98. The molecule has 0 aliphatic rings. The summed E-state index contributed by atoms with van der Waals surface area (Å²) in [6.07, 6.45) is 3.74. The second-order valence-corrected chi connectivity index (χ2v) is 4.46. The predicted molar refractivity (Wildman–Crippen MR) is 72.9 cm³/mol. The number of aromatic nitrogens is 2. The van der Waals surface area contributed by atoms with Crippen LogP contribution < -0.4 is 5.73 Å². The molecule has 1 aromatic carbocycles. The maximum absolute atomic E-state index is 5.83. The maximum atomic E-state index is 5.83. The number of thiocarbonyl (C=S) groups is 1. The molecule has 2 rings (SSSR count). The first-order valence-corrected chi connectivity index (χ1v) is 5.91. The van der Waals surface area contributed by atoms with E-state index in [0.29, 0.717) is 4.99 Å². The van der Waals surface area contributed by atoms with E-state index in [-0.39, 0.29) is 5.92 Å². The van der Waals surface area contributed by atoms with E-state index in [4.69, 9.17) is 18.0 Å². The molecule has 1 aromatic heterocycles. The zero-order chi connectivity index (χ0) is 12.3. The molecule has 0 bridgehead atoms. The molecule has 0 aliphatic carbocycles. The smallest absolute Gasteiger partial charge is 0.105 e. The monoisotopic (exact) mass is 245 g/mol. The highest BCUT2D eigenvalue weighted by Gasteiger charge is 2.15. The van der Waals surface area contributed by atoms with Crippen LogP contribution in [0.3, 0.4) is 0 Å². The molecule has 2 N–H and O–H groups in total. The summed E-state index contributed by atoms with van der Waals surface area (Å²) in [6.45, 7) is 2.72. The Morgan fingerprint density at radius 3 is 2.65 bits per heavy atom. The Morgan fingerprint density at radius 2 is 2.12 bits per heavy atom. The third-order valence-corrected chi connectivity index (χ3v) is 3.13. The van der Waals surface area contributed by atoms with Gasteiger partial charge < -0.3 is 10.3 Å². The fourth-order valence-corrected chi connectivity index (χ4v) is 2.05. The second kappa shape index (κ2) is 5.10. The molecule has 0 aliphatic heterocycles. The normalized spacial score (nSPS) is 12.3. The van der Waals surface area contributed by atoms with Crippen LogP contribution in [0, 0.1) is 6.92 Å². The molecule has 3 nitrogen and oxygen atoms in total. The van der Waals surface area contributed by atoms with Gasteiger partial charge in [0, 0.05) is 18.9 Å². The lowest BCUT2D eigenvalue weighted by Crippen LogP contribution is -2.24. The van der Waals surface area contributed by atoms with E-state index in [1.165, 1.54) is 0 Å². The maximum Gasteiger partial charge on any atom is 0.105 e. The van der Waals surface area contributed by atoms with Gasteiger partial charge in [-0.15, -0.1) is 0 Å². The van der Waals surface area contributed by atoms with Gasteiger partial charge in [-0.25, -0.2) is 4.98 Å². The Balaban J connectivity index is 2.26. The first-order valence-electron chi connectivity index (χ1n) is 5.50. The molecule has 2 aromatic rings. The van der Waals surface area contributed by atoms with E-state index in [1.54, 1.807) is 6.20 Å². The number of hydrogen-bond donors (Lipinski definition) is 1. The van der Waals surface area contributed by atoms with Crippen molar-refractivity contribution in [3.05, 3.63) is 54.1 Å². The molecule has 0 saturated carbocycles. The van der Waals surface area contributed by atoms with Gasteiger partial charge in [-0.2, -0.15) is 0 Å². The van der Waals surface area contributed by atoms with Gasteiger partial charge in [0.25, 0.3) is 0 Å². The summed E-state index contributed by atoms with van der Waals surface area (Å²) in [4.78, 5) is 4.72. The SMILES string of the molecule is Cc1nccn1CC(C(N)=S)c1ccccc1. The predicted octanol–water partition coefficient (Wildman–Crippen LogP) is 2.26. The summed E-state index contributed by atoms with van der Waals surface area (Å²) in [5, 5.41) is 0. The quantitative estimate of drug-likeness (QED) is 0.840. The summed E-state index contributed by atoms with van der Waals surface area (Å²) < 4.78 is 2.07. The first-order chi connectivity index (χ1) is 8.18. The van der Waals surface area contributed by atoms with Crippen molar-refractivity contribution in [3.8, 4) is 0 Å². The van der Waals surface area contributed by atoms with Gasteiger partial charge in [0.05, 0.1) is 10.9 Å².